The number of hydrogen-bond donors (Lipinski definition) is 1. The van der Waals surface area contributed by atoms with E-state index in [0.717, 1.165) is 11.4 Å². The second-order valence-corrected chi connectivity index (χ2v) is 4.99. The zero-order chi connectivity index (χ0) is 14.6. The lowest BCUT2D eigenvalue weighted by molar-refractivity contribution is -0.173. The molecule has 0 unspecified atom stereocenters. The predicted molar refractivity (Wildman–Crippen MR) is 67.2 cm³/mol. The molecule has 0 amide bonds. The Bertz CT molecular complexity index is 447. The van der Waals surface area contributed by atoms with E-state index in [4.69, 9.17) is 0 Å². The normalized spacial score (nSPS) is 15.6. The van der Waals surface area contributed by atoms with E-state index in [2.05, 4.69) is 20.0 Å². The number of nitrogens with one attached hydrogen (secondary N) is 1. The molecule has 1 aliphatic rings. The van der Waals surface area contributed by atoms with Crippen molar-refractivity contribution in [3.8, 4) is 0 Å². The Labute approximate surface area is 115 Å². The lowest BCUT2D eigenvalue weighted by Gasteiger charge is -2.09. The van der Waals surface area contributed by atoms with E-state index in [1.165, 1.54) is 12.8 Å². The molecule has 0 radical (unpaired) electrons. The molecule has 1 heterocycles. The first-order valence-corrected chi connectivity index (χ1v) is 6.64. The average molecular weight is 289 g/mol. The molecule has 1 saturated carbocycles. The van der Waals surface area contributed by atoms with E-state index in [-0.39, 0.29) is 13.0 Å². The van der Waals surface area contributed by atoms with E-state index in [9.17, 15) is 13.2 Å². The first-order chi connectivity index (χ1) is 9.42. The molecule has 2 rings (SSSR count). The van der Waals surface area contributed by atoms with E-state index in [1.807, 2.05) is 13.0 Å². The Morgan fingerprint density at radius 3 is 2.75 bits per heavy atom. The van der Waals surface area contributed by atoms with Crippen LogP contribution in [0, 0.1) is 6.92 Å². The van der Waals surface area contributed by atoms with Gasteiger partial charge in [0, 0.05) is 24.7 Å². The van der Waals surface area contributed by atoms with Gasteiger partial charge in [-0.2, -0.15) is 13.2 Å². The number of aryl methyl sites for hydroxylation is 1. The van der Waals surface area contributed by atoms with Gasteiger partial charge in [0.2, 0.25) is 0 Å². The van der Waals surface area contributed by atoms with E-state index >= 15 is 0 Å². The van der Waals surface area contributed by atoms with Crippen molar-refractivity contribution in [1.82, 2.24) is 15.3 Å². The molecule has 1 N–H and O–H groups in total. The molecule has 1 aromatic heterocycles. The molecule has 1 aromatic rings. The van der Waals surface area contributed by atoms with Crippen molar-refractivity contribution < 1.29 is 17.9 Å². The third-order valence-corrected chi connectivity index (χ3v) is 2.84. The number of aromatic nitrogens is 2. The highest BCUT2D eigenvalue weighted by Crippen LogP contribution is 2.19. The van der Waals surface area contributed by atoms with Crippen LogP contribution >= 0.6 is 0 Å². The van der Waals surface area contributed by atoms with Gasteiger partial charge in [-0.05, 0) is 25.8 Å². The van der Waals surface area contributed by atoms with Crippen LogP contribution in [0.2, 0.25) is 0 Å². The van der Waals surface area contributed by atoms with Gasteiger partial charge in [0.1, 0.15) is 12.4 Å². The molecule has 1 aliphatic carbocycles. The summed E-state index contributed by atoms with van der Waals surface area (Å²) >= 11 is 0. The third kappa shape index (κ3) is 5.83. The summed E-state index contributed by atoms with van der Waals surface area (Å²) in [5, 5.41) is 3.34. The fourth-order valence-electron chi connectivity index (χ4n) is 1.79. The molecule has 112 valence electrons. The van der Waals surface area contributed by atoms with Crippen LogP contribution in [0.1, 0.15) is 30.1 Å². The topological polar surface area (TPSA) is 47.0 Å². The average Bonchev–Trinajstić information content (AvgIpc) is 3.14. The standard InChI is InChI=1S/C13H18F3N3O/c1-9-6-11(7-17-10-2-3-10)19-12(18-9)4-5-20-8-13(14,15)16/h6,10,17H,2-5,7-8H2,1H3. The van der Waals surface area contributed by atoms with E-state index in [1.54, 1.807) is 0 Å². The molecule has 1 fully saturated rings. The Hall–Kier alpha value is -1.21. The van der Waals surface area contributed by atoms with E-state index < -0.39 is 12.8 Å². The van der Waals surface area contributed by atoms with Gasteiger partial charge in [-0.3, -0.25) is 0 Å². The maximum atomic E-state index is 11.9. The van der Waals surface area contributed by atoms with Gasteiger partial charge in [-0.1, -0.05) is 0 Å². The van der Waals surface area contributed by atoms with Crippen LogP contribution in [0.5, 0.6) is 0 Å². The second-order valence-electron chi connectivity index (χ2n) is 4.99. The van der Waals surface area contributed by atoms with Crippen LogP contribution in [0.3, 0.4) is 0 Å². The third-order valence-electron chi connectivity index (χ3n) is 2.84. The minimum atomic E-state index is -4.28. The van der Waals surface area contributed by atoms with Crippen LogP contribution in [0.15, 0.2) is 6.07 Å². The van der Waals surface area contributed by atoms with Gasteiger partial charge in [0.25, 0.3) is 0 Å². The minimum absolute atomic E-state index is 0.0293. The van der Waals surface area contributed by atoms with Crippen molar-refractivity contribution >= 4 is 0 Å². The number of ether oxygens (including phenoxy) is 1. The largest absolute Gasteiger partial charge is 0.411 e. The van der Waals surface area contributed by atoms with Gasteiger partial charge in [-0.15, -0.1) is 0 Å². The maximum Gasteiger partial charge on any atom is 0.411 e. The zero-order valence-corrected chi connectivity index (χ0v) is 11.3. The van der Waals surface area contributed by atoms with Crippen LogP contribution in [0.4, 0.5) is 13.2 Å². The van der Waals surface area contributed by atoms with Gasteiger partial charge in [0.15, 0.2) is 0 Å². The van der Waals surface area contributed by atoms with Crippen molar-refractivity contribution in [2.45, 2.75) is 44.9 Å². The Morgan fingerprint density at radius 2 is 2.10 bits per heavy atom. The smallest absolute Gasteiger partial charge is 0.372 e. The van der Waals surface area contributed by atoms with E-state index in [0.29, 0.717) is 18.4 Å². The Morgan fingerprint density at radius 1 is 1.35 bits per heavy atom. The number of alkyl halides is 3. The van der Waals surface area contributed by atoms with Gasteiger partial charge < -0.3 is 10.1 Å². The zero-order valence-electron chi connectivity index (χ0n) is 11.3. The summed E-state index contributed by atoms with van der Waals surface area (Å²) in [6.07, 6.45) is -1.61. The van der Waals surface area contributed by atoms with Crippen molar-refractivity contribution in [1.29, 1.82) is 0 Å². The molecule has 7 heteroatoms. The summed E-state index contributed by atoms with van der Waals surface area (Å²) in [4.78, 5) is 8.54. The highest BCUT2D eigenvalue weighted by atomic mass is 19.4. The van der Waals surface area contributed by atoms with Crippen molar-refractivity contribution in [3.05, 3.63) is 23.3 Å². The van der Waals surface area contributed by atoms with Gasteiger partial charge in [-0.25, -0.2) is 9.97 Å². The lowest BCUT2D eigenvalue weighted by atomic mass is 10.3. The van der Waals surface area contributed by atoms with Crippen LogP contribution in [-0.4, -0.2) is 35.4 Å². The maximum absolute atomic E-state index is 11.9. The molecule has 0 aliphatic heterocycles. The number of rotatable bonds is 7. The van der Waals surface area contributed by atoms with Crippen molar-refractivity contribution in [2.24, 2.45) is 0 Å². The molecule has 0 atom stereocenters. The summed E-state index contributed by atoms with van der Waals surface area (Å²) in [6, 6.07) is 2.47. The minimum Gasteiger partial charge on any atom is -0.372 e. The summed E-state index contributed by atoms with van der Waals surface area (Å²) in [6.45, 7) is 1.26. The molecular formula is C13H18F3N3O. The molecule has 0 saturated heterocycles. The highest BCUT2D eigenvalue weighted by molar-refractivity contribution is 5.10. The fourth-order valence-corrected chi connectivity index (χ4v) is 1.79. The first-order valence-electron chi connectivity index (χ1n) is 6.64. The van der Waals surface area contributed by atoms with Gasteiger partial charge >= 0.3 is 6.18 Å². The molecule has 4 nitrogen and oxygen atoms in total. The van der Waals surface area contributed by atoms with Crippen LogP contribution in [0.25, 0.3) is 0 Å². The number of nitrogens with zero attached hydrogens (tertiary/aromatic N) is 2. The first kappa shape index (κ1) is 15.2. The van der Waals surface area contributed by atoms with Crippen LogP contribution in [-0.2, 0) is 17.7 Å². The predicted octanol–water partition coefficient (Wildman–Crippen LogP) is 2.16. The summed E-state index contributed by atoms with van der Waals surface area (Å²) in [5.41, 5.74) is 1.69. The monoisotopic (exact) mass is 289 g/mol. The van der Waals surface area contributed by atoms with Crippen molar-refractivity contribution in [3.63, 3.8) is 0 Å². The summed E-state index contributed by atoms with van der Waals surface area (Å²) in [7, 11) is 0. The number of halogens is 3. The second kappa shape index (κ2) is 6.49. The van der Waals surface area contributed by atoms with Gasteiger partial charge in [0.05, 0.1) is 12.3 Å². The fraction of sp³-hybridized carbons (Fsp3) is 0.692. The molecule has 20 heavy (non-hydrogen) atoms. The molecular weight excluding hydrogens is 271 g/mol. The quantitative estimate of drug-likeness (QED) is 0.781. The van der Waals surface area contributed by atoms with Crippen molar-refractivity contribution in [2.75, 3.05) is 13.2 Å². The summed E-state index contributed by atoms with van der Waals surface area (Å²) in [5.74, 6) is 0.528. The SMILES string of the molecule is Cc1cc(CNC2CC2)nc(CCOCC(F)(F)F)n1. The molecule has 0 aromatic carbocycles. The van der Waals surface area contributed by atoms with Crippen LogP contribution < -0.4 is 5.32 Å². The Balaban J connectivity index is 1.80. The molecule has 0 spiro atoms. The lowest BCUT2D eigenvalue weighted by Crippen LogP contribution is -2.19. The highest BCUT2D eigenvalue weighted by Gasteiger charge is 2.27. The summed E-state index contributed by atoms with van der Waals surface area (Å²) < 4.78 is 40.4. The number of hydrogen-bond acceptors (Lipinski definition) is 4. The molecule has 0 bridgehead atoms. The Kier molecular flexibility index (Phi) is 4.93.